The number of rotatable bonds is 11. The van der Waals surface area contributed by atoms with E-state index in [2.05, 4.69) is 34.6 Å². The zero-order chi connectivity index (χ0) is 24.7. The van der Waals surface area contributed by atoms with Gasteiger partial charge in [0, 0.05) is 22.7 Å². The largest absolute Gasteiger partial charge is 0.394 e. The van der Waals surface area contributed by atoms with Gasteiger partial charge in [0.25, 0.3) is 0 Å². The smallest absolute Gasteiger partial charge is 0.233 e. The van der Waals surface area contributed by atoms with Gasteiger partial charge in [0.05, 0.1) is 25.5 Å². The highest BCUT2D eigenvalue weighted by Crippen LogP contribution is 2.49. The van der Waals surface area contributed by atoms with Gasteiger partial charge in [0.2, 0.25) is 5.91 Å². The van der Waals surface area contributed by atoms with Gasteiger partial charge in [0.1, 0.15) is 0 Å². The minimum Gasteiger partial charge on any atom is -0.394 e. The van der Waals surface area contributed by atoms with Gasteiger partial charge >= 0.3 is 0 Å². The van der Waals surface area contributed by atoms with Crippen LogP contribution in [-0.4, -0.2) is 53.5 Å². The van der Waals surface area contributed by atoms with E-state index in [1.54, 1.807) is 6.92 Å². The molecule has 0 saturated carbocycles. The van der Waals surface area contributed by atoms with E-state index in [0.29, 0.717) is 23.8 Å². The van der Waals surface area contributed by atoms with Crippen molar-refractivity contribution in [3.05, 3.63) is 60.7 Å². The van der Waals surface area contributed by atoms with Crippen molar-refractivity contribution in [1.82, 2.24) is 4.90 Å². The number of carbonyl (C=O) groups excluding carboxylic acids is 1. The summed E-state index contributed by atoms with van der Waals surface area (Å²) in [6.07, 6.45) is 0.777. The number of hydrogen-bond donors (Lipinski definition) is 1. The molecule has 0 radical (unpaired) electrons. The molecule has 2 rings (SSSR count). The normalized spacial score (nSPS) is 13.5. The van der Waals surface area contributed by atoms with Crippen LogP contribution in [-0.2, 0) is 14.1 Å². The number of ether oxygens (including phenoxy) is 1. The molecule has 0 aliphatic rings. The highest BCUT2D eigenvalue weighted by molar-refractivity contribution is 7.80. The molecule has 0 saturated heterocycles. The fraction of sp³-hybridized carbons (Fsp3) is 0.519. The average Bonchev–Trinajstić information content (AvgIpc) is 2.77. The first-order valence-corrected chi connectivity index (χ1v) is 13.4. The van der Waals surface area contributed by atoms with Gasteiger partial charge in [-0.25, -0.2) is 0 Å². The Kier molecular flexibility index (Phi) is 9.48. The van der Waals surface area contributed by atoms with Crippen molar-refractivity contribution in [2.24, 2.45) is 5.41 Å². The first kappa shape index (κ1) is 27.3. The van der Waals surface area contributed by atoms with E-state index in [1.807, 2.05) is 65.6 Å². The zero-order valence-corrected chi connectivity index (χ0v) is 21.8. The summed E-state index contributed by atoms with van der Waals surface area (Å²) in [5, 5.41) is 10.4. The van der Waals surface area contributed by atoms with Crippen LogP contribution in [0.1, 0.15) is 48.0 Å². The molecule has 1 N–H and O–H groups in total. The molecule has 0 bridgehead atoms. The predicted octanol–water partition coefficient (Wildman–Crippen LogP) is 4.44. The van der Waals surface area contributed by atoms with Crippen LogP contribution in [0.5, 0.6) is 0 Å². The summed E-state index contributed by atoms with van der Waals surface area (Å²) in [5.41, 5.74) is -1.20. The molecule has 1 amide bonds. The first-order chi connectivity index (χ1) is 15.4. The molecule has 6 heteroatoms. The third-order valence-electron chi connectivity index (χ3n) is 5.84. The Bertz CT molecular complexity index is 879. The maximum Gasteiger partial charge on any atom is 0.233 e. The van der Waals surface area contributed by atoms with Gasteiger partial charge in [-0.2, -0.15) is 0 Å². The molecule has 182 valence electrons. The topological polar surface area (TPSA) is 66.8 Å². The van der Waals surface area contributed by atoms with E-state index in [9.17, 15) is 9.36 Å². The number of carbonyl (C=O) groups is 1. The van der Waals surface area contributed by atoms with Crippen molar-refractivity contribution >= 4 is 23.7 Å². The van der Waals surface area contributed by atoms with E-state index in [0.717, 1.165) is 6.42 Å². The molecule has 5 nitrogen and oxygen atoms in total. The van der Waals surface area contributed by atoms with Gasteiger partial charge in [-0.15, -0.1) is 0 Å². The lowest BCUT2D eigenvalue weighted by atomic mass is 9.80. The highest BCUT2D eigenvalue weighted by atomic mass is 31.2. The lowest BCUT2D eigenvalue weighted by Gasteiger charge is -2.44. The van der Waals surface area contributed by atoms with Crippen LogP contribution < -0.4 is 10.6 Å². The quantitative estimate of drug-likeness (QED) is 0.387. The maximum atomic E-state index is 14.7. The highest BCUT2D eigenvalue weighted by Gasteiger charge is 2.43. The van der Waals surface area contributed by atoms with Crippen LogP contribution in [0.4, 0.5) is 0 Å². The third-order valence-corrected chi connectivity index (χ3v) is 9.28. The summed E-state index contributed by atoms with van der Waals surface area (Å²) in [6.45, 7) is 13.2. The van der Waals surface area contributed by atoms with Gasteiger partial charge in [-0.3, -0.25) is 4.79 Å². The maximum absolute atomic E-state index is 14.7. The Hall–Kier alpha value is -1.94. The van der Waals surface area contributed by atoms with E-state index in [-0.39, 0.29) is 24.5 Å². The molecule has 0 aliphatic carbocycles. The molecule has 0 aliphatic heterocycles. The standard InChI is InChI=1S/C27H40NO4P/c1-22(33(31,23-13-9-7-10-14-23)24-15-11-8-12-16-24)25(30)28(17-19-32-20-18-29)27(5,6)21-26(2,3)4/h7-16,22,29H,17-21H2,1-6H3. The van der Waals surface area contributed by atoms with Crippen molar-refractivity contribution in [2.75, 3.05) is 26.4 Å². The Morgan fingerprint density at radius 1 is 0.939 bits per heavy atom. The van der Waals surface area contributed by atoms with Crippen LogP contribution >= 0.6 is 7.14 Å². The Balaban J connectivity index is 2.50. The Morgan fingerprint density at radius 3 is 1.85 bits per heavy atom. The fourth-order valence-corrected chi connectivity index (χ4v) is 7.58. The van der Waals surface area contributed by atoms with Crippen LogP contribution in [0.2, 0.25) is 0 Å². The van der Waals surface area contributed by atoms with Crippen LogP contribution in [0.3, 0.4) is 0 Å². The zero-order valence-electron chi connectivity index (χ0n) is 21.0. The van der Waals surface area contributed by atoms with Gasteiger partial charge < -0.3 is 19.3 Å². The molecule has 1 atom stereocenters. The molecule has 33 heavy (non-hydrogen) atoms. The summed E-state index contributed by atoms with van der Waals surface area (Å²) in [6, 6.07) is 18.7. The summed E-state index contributed by atoms with van der Waals surface area (Å²) in [4.78, 5) is 15.9. The summed E-state index contributed by atoms with van der Waals surface area (Å²) in [5.74, 6) is -0.145. The molecular formula is C27H40NO4P. The molecule has 0 aromatic heterocycles. The van der Waals surface area contributed by atoms with Crippen molar-refractivity contribution in [3.8, 4) is 0 Å². The van der Waals surface area contributed by atoms with Crippen molar-refractivity contribution in [1.29, 1.82) is 0 Å². The Labute approximate surface area is 199 Å². The fourth-order valence-electron chi connectivity index (χ4n) is 4.70. The van der Waals surface area contributed by atoms with Crippen LogP contribution in [0.25, 0.3) is 0 Å². The minimum absolute atomic E-state index is 0.000218. The van der Waals surface area contributed by atoms with Gasteiger partial charge in [-0.05, 0) is 32.6 Å². The number of aliphatic hydroxyl groups excluding tert-OH is 1. The van der Waals surface area contributed by atoms with Crippen LogP contribution in [0.15, 0.2) is 60.7 Å². The molecule has 0 spiro atoms. The molecule has 0 fully saturated rings. The molecule has 1 unspecified atom stereocenters. The SMILES string of the molecule is CC(C(=O)N(CCOCCO)C(C)(C)CC(C)(C)C)P(=O)(c1ccccc1)c1ccccc1. The van der Waals surface area contributed by atoms with Crippen molar-refractivity contribution < 1.29 is 19.2 Å². The second-order valence-electron chi connectivity index (χ2n) is 10.4. The minimum atomic E-state index is -3.26. The van der Waals surface area contributed by atoms with Gasteiger partial charge in [0.15, 0.2) is 7.14 Å². The van der Waals surface area contributed by atoms with Crippen LogP contribution in [0, 0.1) is 5.41 Å². The lowest BCUT2D eigenvalue weighted by Crippen LogP contribution is -2.54. The second kappa shape index (κ2) is 11.5. The second-order valence-corrected chi connectivity index (χ2v) is 13.5. The van der Waals surface area contributed by atoms with Gasteiger partial charge in [-0.1, -0.05) is 81.4 Å². The van der Waals surface area contributed by atoms with Crippen molar-refractivity contribution in [3.63, 3.8) is 0 Å². The summed E-state index contributed by atoms with van der Waals surface area (Å²) >= 11 is 0. The monoisotopic (exact) mass is 473 g/mol. The third kappa shape index (κ3) is 7.02. The molecular weight excluding hydrogens is 433 g/mol. The average molecular weight is 474 g/mol. The van der Waals surface area contributed by atoms with E-state index in [1.165, 1.54) is 0 Å². The first-order valence-electron chi connectivity index (χ1n) is 11.6. The summed E-state index contributed by atoms with van der Waals surface area (Å²) < 4.78 is 20.2. The number of benzene rings is 2. The number of hydrogen-bond acceptors (Lipinski definition) is 4. The molecule has 2 aromatic rings. The molecule has 0 heterocycles. The number of amides is 1. The predicted molar refractivity (Wildman–Crippen MR) is 137 cm³/mol. The van der Waals surface area contributed by atoms with E-state index in [4.69, 9.17) is 9.84 Å². The lowest BCUT2D eigenvalue weighted by molar-refractivity contribution is -0.138. The number of nitrogens with zero attached hydrogens (tertiary/aromatic N) is 1. The number of aliphatic hydroxyl groups is 1. The molecule has 2 aromatic carbocycles. The van der Waals surface area contributed by atoms with E-state index < -0.39 is 18.3 Å². The van der Waals surface area contributed by atoms with Crippen molar-refractivity contribution in [2.45, 2.75) is 59.2 Å². The Morgan fingerprint density at radius 2 is 1.42 bits per heavy atom. The van der Waals surface area contributed by atoms with E-state index >= 15 is 0 Å². The summed E-state index contributed by atoms with van der Waals surface area (Å²) in [7, 11) is -3.26.